The molecule has 1 amide bonds. The van der Waals surface area contributed by atoms with Gasteiger partial charge in [-0.15, -0.1) is 0 Å². The molecule has 4 aromatic heterocycles. The molecular weight excluding hydrogens is 525 g/mol. The van der Waals surface area contributed by atoms with Crippen molar-refractivity contribution in [2.45, 2.75) is 31.8 Å². The number of pyridine rings is 2. The molecule has 6 heterocycles. The van der Waals surface area contributed by atoms with Gasteiger partial charge in [0.15, 0.2) is 17.3 Å². The van der Waals surface area contributed by atoms with Gasteiger partial charge < -0.3 is 19.9 Å². The summed E-state index contributed by atoms with van der Waals surface area (Å²) in [5.74, 6) is 1.59. The van der Waals surface area contributed by atoms with Gasteiger partial charge in [0, 0.05) is 43.0 Å². The minimum absolute atomic E-state index is 0.0435. The smallest absolute Gasteiger partial charge is 0.246 e. The number of fused-ring (bicyclic) bond motifs is 4. The Balaban J connectivity index is 1.16. The van der Waals surface area contributed by atoms with Crippen LogP contribution in [0.1, 0.15) is 18.4 Å². The molecule has 1 aromatic carbocycles. The predicted octanol–water partition coefficient (Wildman–Crippen LogP) is 4.42. The lowest BCUT2D eigenvalue weighted by Gasteiger charge is -2.41. The van der Waals surface area contributed by atoms with E-state index in [9.17, 15) is 4.79 Å². The van der Waals surface area contributed by atoms with E-state index in [0.717, 1.165) is 18.7 Å². The Labute approximate surface area is 234 Å². The van der Waals surface area contributed by atoms with Crippen molar-refractivity contribution in [1.29, 1.82) is 0 Å². The summed E-state index contributed by atoms with van der Waals surface area (Å²) in [7, 11) is 0. The number of anilines is 3. The molecule has 2 bridgehead atoms. The molecule has 1 N–H and O–H groups in total. The maximum atomic E-state index is 15.6. The summed E-state index contributed by atoms with van der Waals surface area (Å²) in [6.07, 6.45) is 7.94. The highest BCUT2D eigenvalue weighted by Crippen LogP contribution is 2.36. The molecule has 0 radical (unpaired) electrons. The third-order valence-electron chi connectivity index (χ3n) is 7.77. The van der Waals surface area contributed by atoms with Gasteiger partial charge in [-0.05, 0) is 56.2 Å². The Morgan fingerprint density at radius 2 is 1.93 bits per heavy atom. The first-order valence-electron chi connectivity index (χ1n) is 13.3. The fraction of sp³-hybridized carbons (Fsp3) is 0.241. The van der Waals surface area contributed by atoms with E-state index >= 15 is 4.39 Å². The number of aromatic nitrogens is 6. The Hall–Kier alpha value is -5.13. The highest BCUT2D eigenvalue weighted by atomic mass is 19.1. The second-order valence-corrected chi connectivity index (χ2v) is 10.2. The van der Waals surface area contributed by atoms with E-state index in [-0.39, 0.29) is 23.7 Å². The first-order chi connectivity index (χ1) is 20.0. The number of hydrogen-bond acceptors (Lipinski definition) is 9. The van der Waals surface area contributed by atoms with Crippen molar-refractivity contribution in [3.05, 3.63) is 79.3 Å². The van der Waals surface area contributed by atoms with E-state index in [2.05, 4.69) is 36.8 Å². The monoisotopic (exact) mass is 551 g/mol. The number of hydrogen-bond donors (Lipinski definition) is 1. The number of nitrogens with zero attached hydrogens (tertiary/aromatic N) is 8. The lowest BCUT2D eigenvalue weighted by atomic mass is 10.1. The number of halogens is 1. The first kappa shape index (κ1) is 24.9. The van der Waals surface area contributed by atoms with Crippen LogP contribution in [0.4, 0.5) is 21.7 Å². The summed E-state index contributed by atoms with van der Waals surface area (Å²) >= 11 is 0. The number of carbonyl (C=O) groups excluding carboxylic acids is 1. The third kappa shape index (κ3) is 4.37. The second-order valence-electron chi connectivity index (χ2n) is 10.2. The molecule has 41 heavy (non-hydrogen) atoms. The van der Waals surface area contributed by atoms with Crippen molar-refractivity contribution in [3.8, 4) is 11.5 Å². The third-order valence-corrected chi connectivity index (χ3v) is 7.77. The zero-order chi connectivity index (χ0) is 28.1. The van der Waals surface area contributed by atoms with E-state index in [1.165, 1.54) is 18.7 Å². The largest absolute Gasteiger partial charge is 0.457 e. The number of rotatable bonds is 6. The molecular formula is C29H26FN9O2. The van der Waals surface area contributed by atoms with E-state index in [1.54, 1.807) is 41.9 Å². The SMILES string of the molecule is C=CC(=O)N1CC2CCC(C1)N2c1ccc2ncnc(Nc3ccc(Oc4ccn5ncnc5c4)c(C)c3F)c2n1. The molecule has 2 aliphatic heterocycles. The number of benzene rings is 1. The molecule has 11 nitrogen and oxygen atoms in total. The summed E-state index contributed by atoms with van der Waals surface area (Å²) in [4.78, 5) is 34.2. The van der Waals surface area contributed by atoms with Crippen molar-refractivity contribution in [2.24, 2.45) is 0 Å². The fourth-order valence-corrected chi connectivity index (χ4v) is 5.74. The maximum absolute atomic E-state index is 15.6. The lowest BCUT2D eigenvalue weighted by molar-refractivity contribution is -0.126. The minimum atomic E-state index is -0.463. The first-order valence-corrected chi connectivity index (χ1v) is 13.3. The van der Waals surface area contributed by atoms with Crippen LogP contribution in [0, 0.1) is 12.7 Å². The average Bonchev–Trinajstić information content (AvgIpc) is 3.57. The van der Waals surface area contributed by atoms with Gasteiger partial charge in [0.05, 0.1) is 11.2 Å². The Bertz CT molecular complexity index is 1810. The highest BCUT2D eigenvalue weighted by Gasteiger charge is 2.41. The fourth-order valence-electron chi connectivity index (χ4n) is 5.74. The Morgan fingerprint density at radius 3 is 2.73 bits per heavy atom. The van der Waals surface area contributed by atoms with Crippen molar-refractivity contribution in [1.82, 2.24) is 34.4 Å². The molecule has 206 valence electrons. The normalized spacial score (nSPS) is 18.2. The molecule has 12 heteroatoms. The summed E-state index contributed by atoms with van der Waals surface area (Å²) in [6, 6.07) is 11.0. The molecule has 2 aliphatic rings. The molecule has 0 aliphatic carbocycles. The van der Waals surface area contributed by atoms with Crippen LogP contribution in [-0.2, 0) is 4.79 Å². The highest BCUT2D eigenvalue weighted by molar-refractivity contribution is 5.89. The number of amides is 1. The average molecular weight is 552 g/mol. The van der Waals surface area contributed by atoms with Gasteiger partial charge in [-0.1, -0.05) is 6.58 Å². The summed E-state index contributed by atoms with van der Waals surface area (Å²) in [5, 5.41) is 7.19. The van der Waals surface area contributed by atoms with Gasteiger partial charge >= 0.3 is 0 Å². The lowest BCUT2D eigenvalue weighted by Crippen LogP contribution is -2.55. The maximum Gasteiger partial charge on any atom is 0.246 e. The molecule has 2 unspecified atom stereocenters. The Morgan fingerprint density at radius 1 is 1.10 bits per heavy atom. The summed E-state index contributed by atoms with van der Waals surface area (Å²) < 4.78 is 23.2. The molecule has 5 aromatic rings. The minimum Gasteiger partial charge on any atom is -0.457 e. The quantitative estimate of drug-likeness (QED) is 0.307. The molecule has 7 rings (SSSR count). The molecule has 0 spiro atoms. The number of ether oxygens (including phenoxy) is 1. The van der Waals surface area contributed by atoms with Crippen molar-refractivity contribution < 1.29 is 13.9 Å². The predicted molar refractivity (Wildman–Crippen MR) is 151 cm³/mol. The summed E-state index contributed by atoms with van der Waals surface area (Å²) in [6.45, 7) is 6.54. The topological polar surface area (TPSA) is 114 Å². The van der Waals surface area contributed by atoms with Crippen LogP contribution in [0.25, 0.3) is 16.7 Å². The van der Waals surface area contributed by atoms with Gasteiger partial charge in [0.25, 0.3) is 0 Å². The van der Waals surface area contributed by atoms with Crippen molar-refractivity contribution in [3.63, 3.8) is 0 Å². The molecule has 0 saturated carbocycles. The van der Waals surface area contributed by atoms with Crippen molar-refractivity contribution in [2.75, 3.05) is 23.3 Å². The number of piperazine rings is 1. The summed E-state index contributed by atoms with van der Waals surface area (Å²) in [5.41, 5.74) is 2.38. The number of nitrogens with one attached hydrogen (secondary N) is 1. The number of carbonyl (C=O) groups is 1. The van der Waals surface area contributed by atoms with Crippen LogP contribution in [0.3, 0.4) is 0 Å². The van der Waals surface area contributed by atoms with Crippen LogP contribution in [-0.4, -0.2) is 65.5 Å². The van der Waals surface area contributed by atoms with Crippen LogP contribution in [0.5, 0.6) is 11.5 Å². The van der Waals surface area contributed by atoms with Crippen molar-refractivity contribution >= 4 is 39.9 Å². The van der Waals surface area contributed by atoms with E-state index in [0.29, 0.717) is 52.7 Å². The molecule has 2 fully saturated rings. The van der Waals surface area contributed by atoms with Gasteiger partial charge in [-0.3, -0.25) is 4.79 Å². The molecule has 2 saturated heterocycles. The van der Waals surface area contributed by atoms with Crippen LogP contribution in [0.15, 0.2) is 67.9 Å². The van der Waals surface area contributed by atoms with Crippen LogP contribution in [0.2, 0.25) is 0 Å². The van der Waals surface area contributed by atoms with Gasteiger partial charge in [0.1, 0.15) is 35.5 Å². The van der Waals surface area contributed by atoms with E-state index < -0.39 is 5.82 Å². The zero-order valence-electron chi connectivity index (χ0n) is 22.2. The standard InChI is InChI=1S/C29H26FN9O2/c1-3-26(40)37-13-18-4-5-19(14-37)39(18)24-9-7-22-28(36-24)29(33-15-31-22)35-21-6-8-23(17(2)27(21)30)41-20-10-11-38-25(12-20)32-16-34-38/h3,6-12,15-16,18-19H,1,4-5,13-14H2,2H3,(H,31,33,35). The van der Waals surface area contributed by atoms with Gasteiger partial charge in [-0.25, -0.2) is 28.8 Å². The second kappa shape index (κ2) is 9.81. The van der Waals surface area contributed by atoms with Gasteiger partial charge in [-0.2, -0.15) is 5.10 Å². The van der Waals surface area contributed by atoms with Gasteiger partial charge in [0.2, 0.25) is 5.91 Å². The molecule has 2 atom stereocenters. The Kier molecular flexibility index (Phi) is 5.95. The zero-order valence-corrected chi connectivity index (χ0v) is 22.2. The van der Waals surface area contributed by atoms with Crippen LogP contribution >= 0.6 is 0 Å². The van der Waals surface area contributed by atoms with E-state index in [4.69, 9.17) is 9.72 Å². The number of likely N-dealkylation sites (tertiary alicyclic amines) is 1. The van der Waals surface area contributed by atoms with Crippen LogP contribution < -0.4 is 15.0 Å². The van der Waals surface area contributed by atoms with E-state index in [1.807, 2.05) is 17.0 Å².